The van der Waals surface area contributed by atoms with E-state index in [2.05, 4.69) is 5.32 Å². The number of benzene rings is 2. The van der Waals surface area contributed by atoms with Crippen LogP contribution in [0.25, 0.3) is 17.0 Å². The van der Waals surface area contributed by atoms with E-state index in [0.29, 0.717) is 22.8 Å². The van der Waals surface area contributed by atoms with Gasteiger partial charge in [-0.3, -0.25) is 4.79 Å². The molecule has 0 aliphatic heterocycles. The van der Waals surface area contributed by atoms with Crippen LogP contribution in [0.1, 0.15) is 11.3 Å². The zero-order valence-electron chi connectivity index (χ0n) is 18.1. The van der Waals surface area contributed by atoms with Crippen LogP contribution in [-0.2, 0) is 17.5 Å². The first-order valence-electron chi connectivity index (χ1n) is 9.79. The second-order valence-electron chi connectivity index (χ2n) is 6.97. The van der Waals surface area contributed by atoms with E-state index in [-0.39, 0.29) is 24.0 Å². The van der Waals surface area contributed by atoms with Gasteiger partial charge in [-0.2, -0.15) is 13.2 Å². The van der Waals surface area contributed by atoms with Gasteiger partial charge in [-0.1, -0.05) is 0 Å². The lowest BCUT2D eigenvalue weighted by Crippen LogP contribution is -2.26. The molecule has 0 aliphatic rings. The third-order valence-electron chi connectivity index (χ3n) is 4.90. The molecule has 0 fully saturated rings. The van der Waals surface area contributed by atoms with E-state index < -0.39 is 23.6 Å². The van der Waals surface area contributed by atoms with Crippen LogP contribution in [-0.4, -0.2) is 38.3 Å². The highest BCUT2D eigenvalue weighted by molar-refractivity contribution is 5.92. The van der Waals surface area contributed by atoms with Gasteiger partial charge in [-0.25, -0.2) is 4.39 Å². The number of halogens is 4. The number of carbonyl (C=O) groups is 1. The number of methoxy groups -OCH3 is 3. The normalized spacial score (nSPS) is 11.7. The molecule has 0 atom stereocenters. The number of nitrogens with one attached hydrogen (secondary N) is 1. The number of alkyl halides is 3. The van der Waals surface area contributed by atoms with Crippen molar-refractivity contribution >= 4 is 22.9 Å². The van der Waals surface area contributed by atoms with Gasteiger partial charge in [-0.15, -0.1) is 0 Å². The Kier molecular flexibility index (Phi) is 7.15. The number of hydrogen-bond donors (Lipinski definition) is 1. The Morgan fingerprint density at radius 3 is 2.27 bits per heavy atom. The van der Waals surface area contributed by atoms with E-state index in [1.807, 2.05) is 0 Å². The first-order chi connectivity index (χ1) is 15.7. The predicted molar refractivity (Wildman–Crippen MR) is 115 cm³/mol. The van der Waals surface area contributed by atoms with Crippen LogP contribution < -0.4 is 19.5 Å². The summed E-state index contributed by atoms with van der Waals surface area (Å²) < 4.78 is 70.4. The average molecular weight is 466 g/mol. The van der Waals surface area contributed by atoms with Gasteiger partial charge in [0.15, 0.2) is 11.5 Å². The van der Waals surface area contributed by atoms with Crippen molar-refractivity contribution in [2.45, 2.75) is 12.7 Å². The molecule has 3 rings (SSSR count). The lowest BCUT2D eigenvalue weighted by atomic mass is 10.1. The average Bonchev–Trinajstić information content (AvgIpc) is 3.14. The number of ether oxygens (including phenoxy) is 3. The fourth-order valence-corrected chi connectivity index (χ4v) is 3.44. The van der Waals surface area contributed by atoms with Crippen molar-refractivity contribution in [3.8, 4) is 17.2 Å². The molecule has 1 N–H and O–H groups in total. The number of carbonyl (C=O) groups excluding carboxylic acids is 1. The van der Waals surface area contributed by atoms with Gasteiger partial charge in [0, 0.05) is 30.1 Å². The van der Waals surface area contributed by atoms with Gasteiger partial charge < -0.3 is 24.1 Å². The second kappa shape index (κ2) is 9.85. The van der Waals surface area contributed by atoms with E-state index in [9.17, 15) is 22.4 Å². The van der Waals surface area contributed by atoms with Gasteiger partial charge in [0.2, 0.25) is 11.7 Å². The Morgan fingerprint density at radius 1 is 1.03 bits per heavy atom. The zero-order valence-corrected chi connectivity index (χ0v) is 18.1. The number of nitrogens with zero attached hydrogens (tertiary/aromatic N) is 1. The third-order valence-corrected chi connectivity index (χ3v) is 4.90. The Hall–Kier alpha value is -3.69. The molecule has 2 aromatic carbocycles. The minimum Gasteiger partial charge on any atom is -0.493 e. The molecule has 33 heavy (non-hydrogen) atoms. The number of amides is 1. The van der Waals surface area contributed by atoms with Crippen LogP contribution in [0, 0.1) is 5.82 Å². The summed E-state index contributed by atoms with van der Waals surface area (Å²) >= 11 is 0. The summed E-state index contributed by atoms with van der Waals surface area (Å²) in [6.07, 6.45) is -1.87. The fourth-order valence-electron chi connectivity index (χ4n) is 3.44. The number of hydrogen-bond acceptors (Lipinski definition) is 4. The predicted octanol–water partition coefficient (Wildman–Crippen LogP) is 4.65. The van der Waals surface area contributed by atoms with Gasteiger partial charge in [-0.05, 0) is 48.0 Å². The molecular formula is C23H22F4N2O4. The van der Waals surface area contributed by atoms with Crippen molar-refractivity contribution in [2.24, 2.45) is 0 Å². The molecule has 1 heterocycles. The topological polar surface area (TPSA) is 61.7 Å². The molecule has 0 spiro atoms. The van der Waals surface area contributed by atoms with E-state index in [0.717, 1.165) is 22.8 Å². The Labute approximate surface area is 187 Å². The van der Waals surface area contributed by atoms with Crippen LogP contribution >= 0.6 is 0 Å². The summed E-state index contributed by atoms with van der Waals surface area (Å²) in [7, 11) is 4.40. The monoisotopic (exact) mass is 466 g/mol. The molecule has 0 saturated heterocycles. The molecule has 176 valence electrons. The molecule has 3 aromatic rings. The summed E-state index contributed by atoms with van der Waals surface area (Å²) in [6, 6.07) is 7.60. The minimum atomic E-state index is -4.62. The van der Waals surface area contributed by atoms with Gasteiger partial charge in [0.05, 0.1) is 21.3 Å². The molecule has 6 nitrogen and oxygen atoms in total. The highest BCUT2D eigenvalue weighted by Crippen LogP contribution is 2.38. The van der Waals surface area contributed by atoms with Crippen molar-refractivity contribution < 1.29 is 36.6 Å². The smallest absolute Gasteiger partial charge is 0.431 e. The zero-order chi connectivity index (χ0) is 24.2. The van der Waals surface area contributed by atoms with Gasteiger partial charge >= 0.3 is 6.18 Å². The maximum absolute atomic E-state index is 13.4. The first kappa shape index (κ1) is 24.0. The summed E-state index contributed by atoms with van der Waals surface area (Å²) in [5.74, 6) is 0.0966. The Balaban J connectivity index is 1.72. The largest absolute Gasteiger partial charge is 0.493 e. The van der Waals surface area contributed by atoms with Gasteiger partial charge in [0.1, 0.15) is 11.5 Å². The standard InChI is InChI=1S/C23H22F4N2O4/c1-31-18-10-14(11-19(32-2)22(18)33-3)4-7-21(30)28-8-9-29-17-6-5-16(24)12-15(17)13-20(29)23(25,26)27/h4-7,10-13H,8-9H2,1-3H3,(H,28,30). The summed E-state index contributed by atoms with van der Waals surface area (Å²) in [6.45, 7) is -0.212. The number of fused-ring (bicyclic) bond motifs is 1. The highest BCUT2D eigenvalue weighted by Gasteiger charge is 2.35. The van der Waals surface area contributed by atoms with Crippen LogP contribution in [0.3, 0.4) is 0 Å². The van der Waals surface area contributed by atoms with Crippen molar-refractivity contribution in [3.05, 3.63) is 59.5 Å². The van der Waals surface area contributed by atoms with Crippen molar-refractivity contribution in [1.82, 2.24) is 9.88 Å². The van der Waals surface area contributed by atoms with Crippen LogP contribution in [0.5, 0.6) is 17.2 Å². The van der Waals surface area contributed by atoms with E-state index >= 15 is 0 Å². The van der Waals surface area contributed by atoms with Gasteiger partial charge in [0.25, 0.3) is 0 Å². The third kappa shape index (κ3) is 5.39. The second-order valence-corrected chi connectivity index (χ2v) is 6.97. The summed E-state index contributed by atoms with van der Waals surface area (Å²) in [5, 5.41) is 2.69. The molecule has 10 heteroatoms. The van der Waals surface area contributed by atoms with Crippen LogP contribution in [0.2, 0.25) is 0 Å². The quantitative estimate of drug-likeness (QED) is 0.388. The van der Waals surface area contributed by atoms with E-state index in [1.54, 1.807) is 12.1 Å². The molecule has 1 amide bonds. The van der Waals surface area contributed by atoms with Crippen LogP contribution in [0.15, 0.2) is 42.5 Å². The van der Waals surface area contributed by atoms with Crippen molar-refractivity contribution in [1.29, 1.82) is 0 Å². The first-order valence-corrected chi connectivity index (χ1v) is 9.79. The minimum absolute atomic E-state index is 0.0668. The number of rotatable bonds is 8. The van der Waals surface area contributed by atoms with Crippen molar-refractivity contribution in [3.63, 3.8) is 0 Å². The van der Waals surface area contributed by atoms with E-state index in [1.165, 1.54) is 39.5 Å². The lowest BCUT2D eigenvalue weighted by molar-refractivity contribution is -0.143. The molecular weight excluding hydrogens is 444 g/mol. The maximum atomic E-state index is 13.4. The molecule has 0 unspecified atom stereocenters. The SMILES string of the molecule is COc1cc(C=CC(=O)NCCn2c(C(F)(F)F)cc3cc(F)ccc32)cc(OC)c1OC. The lowest BCUT2D eigenvalue weighted by Gasteiger charge is -2.13. The van der Waals surface area contributed by atoms with E-state index in [4.69, 9.17) is 14.2 Å². The molecule has 1 aromatic heterocycles. The summed E-state index contributed by atoms with van der Waals surface area (Å²) in [5.41, 5.74) is -0.0892. The molecule has 0 radical (unpaired) electrons. The Bertz CT molecular complexity index is 1160. The highest BCUT2D eigenvalue weighted by atomic mass is 19.4. The molecule has 0 aliphatic carbocycles. The van der Waals surface area contributed by atoms with Crippen LogP contribution in [0.4, 0.5) is 17.6 Å². The molecule has 0 saturated carbocycles. The fraction of sp³-hybridized carbons (Fsp3) is 0.261. The summed E-state index contributed by atoms with van der Waals surface area (Å²) in [4.78, 5) is 12.2. The van der Waals surface area contributed by atoms with Crippen molar-refractivity contribution in [2.75, 3.05) is 27.9 Å². The Morgan fingerprint density at radius 2 is 1.70 bits per heavy atom. The number of aromatic nitrogens is 1. The molecule has 0 bridgehead atoms. The maximum Gasteiger partial charge on any atom is 0.431 e.